The number of carboxylic acid groups (broad SMARTS) is 1. The summed E-state index contributed by atoms with van der Waals surface area (Å²) in [6.07, 6.45) is 1.90. The fraction of sp³-hybridized carbons (Fsp3) is 0.182. The number of aliphatic carboxylic acids is 1. The van der Waals surface area contributed by atoms with Gasteiger partial charge in [0.1, 0.15) is 0 Å². The van der Waals surface area contributed by atoms with E-state index in [1.807, 2.05) is 0 Å². The van der Waals surface area contributed by atoms with Crippen LogP contribution in [-0.2, 0) is 11.2 Å². The molecule has 100 valence electrons. The predicted molar refractivity (Wildman–Crippen MR) is 72.3 cm³/mol. The molecule has 0 saturated heterocycles. The molecule has 1 heterocycles. The van der Waals surface area contributed by atoms with Gasteiger partial charge >= 0.3 is 5.97 Å². The molecular formula is C11H8Cl3N3O2. The van der Waals surface area contributed by atoms with Gasteiger partial charge in [0.2, 0.25) is 0 Å². The molecule has 1 aromatic carbocycles. The summed E-state index contributed by atoms with van der Waals surface area (Å²) in [5, 5.41) is 17.4. The minimum atomic E-state index is -0.887. The third kappa shape index (κ3) is 3.37. The lowest BCUT2D eigenvalue weighted by Crippen LogP contribution is -1.97. The second-order valence-corrected chi connectivity index (χ2v) is 4.99. The van der Waals surface area contributed by atoms with Crippen LogP contribution in [-0.4, -0.2) is 26.1 Å². The number of aryl methyl sites for hydroxylation is 1. The topological polar surface area (TPSA) is 68.0 Å². The maximum atomic E-state index is 10.5. The van der Waals surface area contributed by atoms with E-state index in [0.717, 1.165) is 0 Å². The van der Waals surface area contributed by atoms with Crippen molar-refractivity contribution in [3.63, 3.8) is 0 Å². The molecule has 2 aromatic rings. The van der Waals surface area contributed by atoms with Crippen molar-refractivity contribution in [1.82, 2.24) is 15.0 Å². The van der Waals surface area contributed by atoms with Crippen molar-refractivity contribution in [1.29, 1.82) is 0 Å². The van der Waals surface area contributed by atoms with Gasteiger partial charge in [-0.2, -0.15) is 0 Å². The van der Waals surface area contributed by atoms with Crippen molar-refractivity contribution in [2.45, 2.75) is 12.8 Å². The van der Waals surface area contributed by atoms with E-state index in [2.05, 4.69) is 10.3 Å². The van der Waals surface area contributed by atoms with E-state index in [4.69, 9.17) is 39.9 Å². The zero-order valence-electron chi connectivity index (χ0n) is 9.48. The summed E-state index contributed by atoms with van der Waals surface area (Å²) in [6, 6.07) is 3.08. The Kier molecular flexibility index (Phi) is 4.29. The van der Waals surface area contributed by atoms with Gasteiger partial charge in [0.05, 0.1) is 39.1 Å². The fourth-order valence-electron chi connectivity index (χ4n) is 1.45. The highest BCUT2D eigenvalue weighted by Gasteiger charge is 2.10. The molecular weight excluding hydrogens is 312 g/mol. The summed E-state index contributed by atoms with van der Waals surface area (Å²) in [5.41, 5.74) is 1.09. The van der Waals surface area contributed by atoms with Gasteiger partial charge in [-0.05, 0) is 12.1 Å². The Bertz CT molecular complexity index is 628. The molecule has 2 rings (SSSR count). The number of aromatic nitrogens is 3. The molecule has 0 radical (unpaired) electrons. The lowest BCUT2D eigenvalue weighted by Gasteiger charge is -2.05. The van der Waals surface area contributed by atoms with Gasteiger partial charge < -0.3 is 5.11 Å². The van der Waals surface area contributed by atoms with Crippen LogP contribution in [0.15, 0.2) is 18.3 Å². The molecule has 1 N–H and O–H groups in total. The van der Waals surface area contributed by atoms with Crippen LogP contribution in [0, 0.1) is 0 Å². The number of benzene rings is 1. The van der Waals surface area contributed by atoms with E-state index >= 15 is 0 Å². The maximum absolute atomic E-state index is 10.5. The minimum absolute atomic E-state index is 0.00615. The fourth-order valence-corrected chi connectivity index (χ4v) is 2.08. The third-order valence-electron chi connectivity index (χ3n) is 2.37. The number of hydrogen-bond acceptors (Lipinski definition) is 3. The molecule has 19 heavy (non-hydrogen) atoms. The average molecular weight is 321 g/mol. The smallest absolute Gasteiger partial charge is 0.303 e. The Balaban J connectivity index is 2.27. The van der Waals surface area contributed by atoms with Crippen molar-refractivity contribution in [2.75, 3.05) is 0 Å². The van der Waals surface area contributed by atoms with E-state index in [9.17, 15) is 4.79 Å². The van der Waals surface area contributed by atoms with Gasteiger partial charge in [0.25, 0.3) is 0 Å². The molecule has 0 aliphatic rings. The van der Waals surface area contributed by atoms with Crippen LogP contribution in [0.5, 0.6) is 0 Å². The van der Waals surface area contributed by atoms with Crippen LogP contribution in [0.1, 0.15) is 12.1 Å². The minimum Gasteiger partial charge on any atom is -0.481 e. The molecule has 1 aromatic heterocycles. The number of halogens is 3. The second kappa shape index (κ2) is 5.77. The zero-order chi connectivity index (χ0) is 14.0. The number of carboxylic acids is 1. The molecule has 8 heteroatoms. The third-order valence-corrected chi connectivity index (χ3v) is 3.40. The highest BCUT2D eigenvalue weighted by Crippen LogP contribution is 2.30. The van der Waals surface area contributed by atoms with Crippen LogP contribution >= 0.6 is 34.8 Å². The standard InChI is InChI=1S/C11H8Cl3N3O2/c12-7-3-9(14)10(4-8(7)13)17-5-6(15-16-17)1-2-11(18)19/h3-5H,1-2H2,(H,18,19). The first-order valence-corrected chi connectivity index (χ1v) is 6.38. The quantitative estimate of drug-likeness (QED) is 0.878. The average Bonchev–Trinajstić information content (AvgIpc) is 2.80. The summed E-state index contributed by atoms with van der Waals surface area (Å²) in [5.74, 6) is -0.887. The molecule has 0 atom stereocenters. The Morgan fingerprint density at radius 3 is 2.58 bits per heavy atom. The van der Waals surface area contributed by atoms with Crippen molar-refractivity contribution < 1.29 is 9.90 Å². The summed E-state index contributed by atoms with van der Waals surface area (Å²) in [6.45, 7) is 0. The monoisotopic (exact) mass is 319 g/mol. The summed E-state index contributed by atoms with van der Waals surface area (Å²) in [4.78, 5) is 10.5. The van der Waals surface area contributed by atoms with Gasteiger partial charge in [0, 0.05) is 6.42 Å². The Labute approximate surface area is 123 Å². The van der Waals surface area contributed by atoms with Gasteiger partial charge in [-0.25, -0.2) is 4.68 Å². The Hall–Kier alpha value is -1.30. The molecule has 5 nitrogen and oxygen atoms in total. The van der Waals surface area contributed by atoms with Gasteiger partial charge in [-0.3, -0.25) is 4.79 Å². The van der Waals surface area contributed by atoms with Gasteiger partial charge in [0.15, 0.2) is 0 Å². The van der Waals surface area contributed by atoms with E-state index in [-0.39, 0.29) is 6.42 Å². The van der Waals surface area contributed by atoms with E-state index in [0.29, 0.717) is 32.9 Å². The van der Waals surface area contributed by atoms with Crippen molar-refractivity contribution in [3.05, 3.63) is 39.1 Å². The highest BCUT2D eigenvalue weighted by molar-refractivity contribution is 6.43. The normalized spacial score (nSPS) is 10.7. The van der Waals surface area contributed by atoms with Crippen LogP contribution in [0.25, 0.3) is 5.69 Å². The van der Waals surface area contributed by atoms with Crippen LogP contribution in [0.4, 0.5) is 0 Å². The largest absolute Gasteiger partial charge is 0.481 e. The zero-order valence-corrected chi connectivity index (χ0v) is 11.7. The van der Waals surface area contributed by atoms with E-state index in [1.54, 1.807) is 12.3 Å². The first kappa shape index (κ1) is 14.1. The molecule has 0 aliphatic carbocycles. The number of nitrogens with zero attached hydrogens (tertiary/aromatic N) is 3. The number of carbonyl (C=O) groups is 1. The summed E-state index contributed by atoms with van der Waals surface area (Å²) < 4.78 is 1.43. The summed E-state index contributed by atoms with van der Waals surface area (Å²) >= 11 is 17.8. The SMILES string of the molecule is O=C(O)CCc1cn(-c2cc(Cl)c(Cl)cc2Cl)nn1. The number of rotatable bonds is 4. The summed E-state index contributed by atoms with van der Waals surface area (Å²) in [7, 11) is 0. The number of hydrogen-bond donors (Lipinski definition) is 1. The van der Waals surface area contributed by atoms with Crippen LogP contribution in [0.3, 0.4) is 0 Å². The molecule has 0 saturated carbocycles. The predicted octanol–water partition coefficient (Wildman–Crippen LogP) is 3.24. The molecule has 0 amide bonds. The second-order valence-electron chi connectivity index (χ2n) is 3.77. The molecule has 0 spiro atoms. The Morgan fingerprint density at radius 1 is 1.21 bits per heavy atom. The van der Waals surface area contributed by atoms with Crippen molar-refractivity contribution >= 4 is 40.8 Å². The van der Waals surface area contributed by atoms with Crippen LogP contribution in [0.2, 0.25) is 15.1 Å². The van der Waals surface area contributed by atoms with Crippen LogP contribution < -0.4 is 0 Å². The van der Waals surface area contributed by atoms with E-state index in [1.165, 1.54) is 10.7 Å². The molecule has 0 aliphatic heterocycles. The highest BCUT2D eigenvalue weighted by atomic mass is 35.5. The molecule has 0 unspecified atom stereocenters. The molecule has 0 fully saturated rings. The first-order valence-electron chi connectivity index (χ1n) is 5.25. The lowest BCUT2D eigenvalue weighted by molar-refractivity contribution is -0.136. The van der Waals surface area contributed by atoms with Crippen molar-refractivity contribution in [2.24, 2.45) is 0 Å². The van der Waals surface area contributed by atoms with Crippen molar-refractivity contribution in [3.8, 4) is 5.69 Å². The van der Waals surface area contributed by atoms with Gasteiger partial charge in [-0.1, -0.05) is 40.0 Å². The first-order chi connectivity index (χ1) is 8.97. The lowest BCUT2D eigenvalue weighted by atomic mass is 10.2. The van der Waals surface area contributed by atoms with E-state index < -0.39 is 5.97 Å². The van der Waals surface area contributed by atoms with Gasteiger partial charge in [-0.15, -0.1) is 5.10 Å². The Morgan fingerprint density at radius 2 is 1.89 bits per heavy atom. The maximum Gasteiger partial charge on any atom is 0.303 e. The molecule has 0 bridgehead atoms.